The normalized spacial score (nSPS) is 15.9. The molecule has 0 atom stereocenters. The zero-order valence-electron chi connectivity index (χ0n) is 10.0. The zero-order valence-corrected chi connectivity index (χ0v) is 10.9. The van der Waals surface area contributed by atoms with Gasteiger partial charge in [-0.15, -0.1) is 11.8 Å². The fourth-order valence-corrected chi connectivity index (χ4v) is 3.32. The molecule has 1 aliphatic carbocycles. The first-order chi connectivity index (χ1) is 8.58. The first kappa shape index (κ1) is 13.3. The molecular formula is C13H14F2O2S. The molecule has 0 spiro atoms. The van der Waals surface area contributed by atoms with E-state index in [2.05, 4.69) is 0 Å². The number of halogens is 2. The van der Waals surface area contributed by atoms with Gasteiger partial charge in [-0.2, -0.15) is 0 Å². The number of ether oxygens (including phenoxy) is 1. The highest BCUT2D eigenvalue weighted by molar-refractivity contribution is 8.00. The smallest absolute Gasteiger partial charge is 0.308 e. The van der Waals surface area contributed by atoms with E-state index in [4.69, 9.17) is 4.74 Å². The molecule has 2 rings (SSSR count). The van der Waals surface area contributed by atoms with E-state index in [0.29, 0.717) is 0 Å². The summed E-state index contributed by atoms with van der Waals surface area (Å²) in [6.45, 7) is 1.19. The van der Waals surface area contributed by atoms with E-state index in [1.807, 2.05) is 0 Å². The Morgan fingerprint density at radius 3 is 2.61 bits per heavy atom. The highest BCUT2D eigenvalue weighted by atomic mass is 32.2. The van der Waals surface area contributed by atoms with Gasteiger partial charge in [0.2, 0.25) is 0 Å². The van der Waals surface area contributed by atoms with Crippen molar-refractivity contribution < 1.29 is 18.3 Å². The number of esters is 1. The summed E-state index contributed by atoms with van der Waals surface area (Å²) in [6.07, 6.45) is 4.15. The predicted molar refractivity (Wildman–Crippen MR) is 65.8 cm³/mol. The summed E-state index contributed by atoms with van der Waals surface area (Å²) in [5.74, 6) is -2.19. The Balaban J connectivity index is 2.23. The number of hydrogen-bond acceptors (Lipinski definition) is 3. The Kier molecular flexibility index (Phi) is 4.22. The van der Waals surface area contributed by atoms with Crippen molar-refractivity contribution >= 4 is 17.7 Å². The first-order valence-electron chi connectivity index (χ1n) is 5.91. The molecule has 5 heteroatoms. The van der Waals surface area contributed by atoms with Gasteiger partial charge in [0.1, 0.15) is 5.82 Å². The summed E-state index contributed by atoms with van der Waals surface area (Å²) in [5, 5.41) is 0.251. The third-order valence-electron chi connectivity index (χ3n) is 2.85. The minimum absolute atomic E-state index is 0.0411. The van der Waals surface area contributed by atoms with Gasteiger partial charge in [0, 0.05) is 12.2 Å². The quantitative estimate of drug-likeness (QED) is 0.616. The van der Waals surface area contributed by atoms with Gasteiger partial charge in [0.05, 0.1) is 4.90 Å². The van der Waals surface area contributed by atoms with E-state index < -0.39 is 17.6 Å². The summed E-state index contributed by atoms with van der Waals surface area (Å²) in [5.41, 5.74) is 0. The number of carbonyl (C=O) groups excluding carboxylic acids is 1. The SMILES string of the molecule is CC(=O)Oc1ccc(F)c(SC2CCCC2)c1F. The van der Waals surface area contributed by atoms with Crippen LogP contribution in [0.1, 0.15) is 32.6 Å². The summed E-state index contributed by atoms with van der Waals surface area (Å²) >= 11 is 1.20. The first-order valence-corrected chi connectivity index (χ1v) is 6.79. The monoisotopic (exact) mass is 272 g/mol. The molecule has 0 amide bonds. The number of benzene rings is 1. The molecular weight excluding hydrogens is 258 g/mol. The Morgan fingerprint density at radius 1 is 1.33 bits per heavy atom. The van der Waals surface area contributed by atoms with Crippen LogP contribution in [-0.2, 0) is 4.79 Å². The minimum Gasteiger partial charge on any atom is -0.424 e. The molecule has 0 bridgehead atoms. The van der Waals surface area contributed by atoms with Crippen molar-refractivity contribution in [3.05, 3.63) is 23.8 Å². The molecule has 0 saturated heterocycles. The Bertz CT molecular complexity index is 457. The molecule has 0 aliphatic heterocycles. The van der Waals surface area contributed by atoms with E-state index in [1.54, 1.807) is 0 Å². The van der Waals surface area contributed by atoms with E-state index in [0.717, 1.165) is 37.8 Å². The van der Waals surface area contributed by atoms with Crippen LogP contribution in [0, 0.1) is 11.6 Å². The fraction of sp³-hybridized carbons (Fsp3) is 0.462. The highest BCUT2D eigenvalue weighted by Crippen LogP contribution is 2.39. The van der Waals surface area contributed by atoms with Crippen molar-refractivity contribution in [1.29, 1.82) is 0 Å². The number of carbonyl (C=O) groups is 1. The van der Waals surface area contributed by atoms with Crippen LogP contribution in [0.2, 0.25) is 0 Å². The average Bonchev–Trinajstić information content (AvgIpc) is 2.81. The van der Waals surface area contributed by atoms with Crippen LogP contribution in [0.25, 0.3) is 0 Å². The molecule has 0 heterocycles. The zero-order chi connectivity index (χ0) is 13.1. The molecule has 0 radical (unpaired) electrons. The molecule has 0 N–H and O–H groups in total. The standard InChI is InChI=1S/C13H14F2O2S/c1-8(16)17-11-7-6-10(14)13(12(11)15)18-9-4-2-3-5-9/h6-7,9H,2-5H2,1H3. The van der Waals surface area contributed by atoms with E-state index in [1.165, 1.54) is 18.7 Å². The molecule has 1 saturated carbocycles. The van der Waals surface area contributed by atoms with Crippen molar-refractivity contribution in [2.45, 2.75) is 42.8 Å². The number of thioether (sulfide) groups is 1. The molecule has 2 nitrogen and oxygen atoms in total. The maximum Gasteiger partial charge on any atom is 0.308 e. The molecule has 98 valence electrons. The lowest BCUT2D eigenvalue weighted by molar-refractivity contribution is -0.132. The fourth-order valence-electron chi connectivity index (χ4n) is 2.03. The lowest BCUT2D eigenvalue weighted by atomic mass is 10.3. The topological polar surface area (TPSA) is 26.3 Å². The van der Waals surface area contributed by atoms with Crippen molar-refractivity contribution in [3.63, 3.8) is 0 Å². The highest BCUT2D eigenvalue weighted by Gasteiger charge is 2.22. The Labute approximate surface area is 109 Å². The summed E-state index contributed by atoms with van der Waals surface area (Å²) in [7, 11) is 0. The lowest BCUT2D eigenvalue weighted by Crippen LogP contribution is -2.05. The van der Waals surface area contributed by atoms with Gasteiger partial charge in [-0.25, -0.2) is 8.78 Å². The maximum atomic E-state index is 14.0. The lowest BCUT2D eigenvalue weighted by Gasteiger charge is -2.12. The summed E-state index contributed by atoms with van der Waals surface area (Å²) in [6, 6.07) is 2.28. The van der Waals surface area contributed by atoms with Crippen LogP contribution in [-0.4, -0.2) is 11.2 Å². The van der Waals surface area contributed by atoms with Crippen molar-refractivity contribution in [2.75, 3.05) is 0 Å². The van der Waals surface area contributed by atoms with Gasteiger partial charge >= 0.3 is 5.97 Å². The van der Waals surface area contributed by atoms with Crippen molar-refractivity contribution in [2.24, 2.45) is 0 Å². The van der Waals surface area contributed by atoms with Gasteiger partial charge in [0.25, 0.3) is 0 Å². The van der Waals surface area contributed by atoms with E-state index in [9.17, 15) is 13.6 Å². The largest absolute Gasteiger partial charge is 0.424 e. The van der Waals surface area contributed by atoms with Gasteiger partial charge in [-0.05, 0) is 25.0 Å². The van der Waals surface area contributed by atoms with Crippen LogP contribution in [0.4, 0.5) is 8.78 Å². The molecule has 0 unspecified atom stereocenters. The number of hydrogen-bond donors (Lipinski definition) is 0. The second-order valence-electron chi connectivity index (χ2n) is 4.31. The average molecular weight is 272 g/mol. The Hall–Kier alpha value is -1.10. The van der Waals surface area contributed by atoms with Crippen molar-refractivity contribution in [3.8, 4) is 5.75 Å². The molecule has 1 aromatic rings. The van der Waals surface area contributed by atoms with E-state index in [-0.39, 0.29) is 15.9 Å². The molecule has 0 aromatic heterocycles. The van der Waals surface area contributed by atoms with E-state index >= 15 is 0 Å². The minimum atomic E-state index is -0.776. The Morgan fingerprint density at radius 2 is 2.00 bits per heavy atom. The van der Waals surface area contributed by atoms with Gasteiger partial charge in [0.15, 0.2) is 11.6 Å². The van der Waals surface area contributed by atoms with Crippen LogP contribution >= 0.6 is 11.8 Å². The second kappa shape index (κ2) is 5.69. The summed E-state index contributed by atoms with van der Waals surface area (Å²) in [4.78, 5) is 10.8. The van der Waals surface area contributed by atoms with Crippen LogP contribution < -0.4 is 4.74 Å². The molecule has 1 fully saturated rings. The molecule has 1 aliphatic rings. The molecule has 18 heavy (non-hydrogen) atoms. The third kappa shape index (κ3) is 3.02. The van der Waals surface area contributed by atoms with Crippen LogP contribution in [0.3, 0.4) is 0 Å². The van der Waals surface area contributed by atoms with Crippen LogP contribution in [0.15, 0.2) is 17.0 Å². The van der Waals surface area contributed by atoms with Gasteiger partial charge < -0.3 is 4.74 Å². The second-order valence-corrected chi connectivity index (χ2v) is 5.62. The third-order valence-corrected chi connectivity index (χ3v) is 4.27. The number of rotatable bonds is 3. The maximum absolute atomic E-state index is 14.0. The summed E-state index contributed by atoms with van der Waals surface area (Å²) < 4.78 is 32.3. The molecule has 1 aromatic carbocycles. The predicted octanol–water partition coefficient (Wildman–Crippen LogP) is 3.92. The van der Waals surface area contributed by atoms with Gasteiger partial charge in [-0.1, -0.05) is 12.8 Å². The van der Waals surface area contributed by atoms with Crippen molar-refractivity contribution in [1.82, 2.24) is 0 Å². The van der Waals surface area contributed by atoms with Gasteiger partial charge in [-0.3, -0.25) is 4.79 Å². The van der Waals surface area contributed by atoms with Crippen LogP contribution in [0.5, 0.6) is 5.75 Å².